The number of nitrogens with two attached hydrogens (primary N) is 2. The molecule has 0 unspecified atom stereocenters. The molecule has 166 valence electrons. The summed E-state index contributed by atoms with van der Waals surface area (Å²) in [5, 5.41) is 17.5. The third-order valence-electron chi connectivity index (χ3n) is 4.29. The molecule has 0 radical (unpaired) electrons. The average Bonchev–Trinajstić information content (AvgIpc) is 2.68. The van der Waals surface area contributed by atoms with Gasteiger partial charge in [0.15, 0.2) is 0 Å². The Bertz CT molecular complexity index is 783. The number of phenolic OH excluding ortho intramolecular Hbond substituents is 1. The lowest BCUT2D eigenvalue weighted by molar-refractivity contribution is -0.128. The number of methoxy groups -OCH3 is 1. The van der Waals surface area contributed by atoms with E-state index in [-0.39, 0.29) is 35.9 Å². The minimum Gasteiger partial charge on any atom is -0.507 e. The van der Waals surface area contributed by atoms with E-state index in [0.29, 0.717) is 6.42 Å². The topological polar surface area (TPSA) is 186 Å². The number of urea groups is 1. The van der Waals surface area contributed by atoms with E-state index in [2.05, 4.69) is 20.7 Å². The van der Waals surface area contributed by atoms with Crippen LogP contribution in [0.25, 0.3) is 0 Å². The summed E-state index contributed by atoms with van der Waals surface area (Å²) in [6.07, 6.45) is 0.569. The molecule has 30 heavy (non-hydrogen) atoms. The molecule has 0 heterocycles. The first-order chi connectivity index (χ1) is 14.1. The number of esters is 1. The van der Waals surface area contributed by atoms with Crippen LogP contribution in [0.3, 0.4) is 0 Å². The molecule has 0 spiro atoms. The van der Waals surface area contributed by atoms with Crippen molar-refractivity contribution in [1.29, 1.82) is 0 Å². The summed E-state index contributed by atoms with van der Waals surface area (Å²) in [4.78, 5) is 47.3. The monoisotopic (exact) mass is 423 g/mol. The lowest BCUT2D eigenvalue weighted by Gasteiger charge is -2.22. The highest BCUT2D eigenvalue weighted by Crippen LogP contribution is 2.23. The van der Waals surface area contributed by atoms with Crippen molar-refractivity contribution in [2.45, 2.75) is 38.8 Å². The number of anilines is 1. The van der Waals surface area contributed by atoms with Crippen LogP contribution < -0.4 is 27.4 Å². The second-order valence-electron chi connectivity index (χ2n) is 6.98. The minimum atomic E-state index is -0.945. The molecule has 11 heteroatoms. The van der Waals surface area contributed by atoms with E-state index in [0.717, 1.165) is 0 Å². The van der Waals surface area contributed by atoms with Crippen LogP contribution in [0.5, 0.6) is 5.75 Å². The van der Waals surface area contributed by atoms with E-state index in [9.17, 15) is 24.3 Å². The number of ether oxygens (including phenoxy) is 1. The van der Waals surface area contributed by atoms with E-state index >= 15 is 0 Å². The molecule has 0 aromatic heterocycles. The van der Waals surface area contributed by atoms with Gasteiger partial charge in [-0.15, -0.1) is 0 Å². The van der Waals surface area contributed by atoms with E-state index in [4.69, 9.17) is 11.5 Å². The zero-order chi connectivity index (χ0) is 22.8. The van der Waals surface area contributed by atoms with Crippen molar-refractivity contribution in [2.24, 2.45) is 17.4 Å². The Labute approximate surface area is 174 Å². The Kier molecular flexibility index (Phi) is 9.56. The van der Waals surface area contributed by atoms with Crippen molar-refractivity contribution in [3.05, 3.63) is 23.8 Å². The van der Waals surface area contributed by atoms with Crippen LogP contribution in [0.2, 0.25) is 0 Å². The summed E-state index contributed by atoms with van der Waals surface area (Å²) in [7, 11) is 1.18. The lowest BCUT2D eigenvalue weighted by Crippen LogP contribution is -2.51. The molecule has 1 aromatic carbocycles. The maximum absolute atomic E-state index is 12.7. The number of hydrogen-bond donors (Lipinski definition) is 6. The van der Waals surface area contributed by atoms with Gasteiger partial charge in [-0.05, 0) is 30.9 Å². The largest absolute Gasteiger partial charge is 0.507 e. The quantitative estimate of drug-likeness (QED) is 0.226. The first-order valence-corrected chi connectivity index (χ1v) is 9.38. The molecular formula is C19H29N5O6. The SMILES string of the molecule is COC(=O)c1ccc(NC(=O)[C@H](CCCNC(N)=O)NC(=O)[C@@H](N)C(C)C)cc1O. The number of nitrogens with one attached hydrogen (secondary N) is 3. The third kappa shape index (κ3) is 7.59. The Morgan fingerprint density at radius 1 is 1.17 bits per heavy atom. The molecule has 0 aliphatic rings. The Hall–Kier alpha value is -3.34. The van der Waals surface area contributed by atoms with E-state index in [1.54, 1.807) is 13.8 Å². The van der Waals surface area contributed by atoms with Crippen LogP contribution in [0.1, 0.15) is 37.0 Å². The highest BCUT2D eigenvalue weighted by atomic mass is 16.5. The van der Waals surface area contributed by atoms with Gasteiger partial charge in [0.1, 0.15) is 17.4 Å². The molecule has 1 rings (SSSR count). The Morgan fingerprint density at radius 3 is 2.37 bits per heavy atom. The Balaban J connectivity index is 2.89. The molecule has 0 aliphatic heterocycles. The zero-order valence-electron chi connectivity index (χ0n) is 17.2. The van der Waals surface area contributed by atoms with Crippen molar-refractivity contribution in [1.82, 2.24) is 10.6 Å². The molecule has 0 bridgehead atoms. The van der Waals surface area contributed by atoms with Gasteiger partial charge in [-0.1, -0.05) is 13.8 Å². The first-order valence-electron chi connectivity index (χ1n) is 9.38. The van der Waals surface area contributed by atoms with Crippen LogP contribution in [-0.4, -0.2) is 54.7 Å². The number of benzene rings is 1. The maximum Gasteiger partial charge on any atom is 0.341 e. The normalized spacial score (nSPS) is 12.6. The van der Waals surface area contributed by atoms with Gasteiger partial charge in [0.25, 0.3) is 0 Å². The van der Waals surface area contributed by atoms with E-state index in [1.165, 1.54) is 25.3 Å². The van der Waals surface area contributed by atoms with Crippen LogP contribution in [0.4, 0.5) is 10.5 Å². The fourth-order valence-corrected chi connectivity index (χ4v) is 2.48. The van der Waals surface area contributed by atoms with Gasteiger partial charge >= 0.3 is 12.0 Å². The second kappa shape index (κ2) is 11.6. The van der Waals surface area contributed by atoms with Crippen molar-refractivity contribution in [3.8, 4) is 5.75 Å². The summed E-state index contributed by atoms with van der Waals surface area (Å²) >= 11 is 0. The predicted octanol–water partition coefficient (Wildman–Crippen LogP) is 0.0339. The highest BCUT2D eigenvalue weighted by Gasteiger charge is 2.25. The first kappa shape index (κ1) is 24.7. The van der Waals surface area contributed by atoms with E-state index in [1.807, 2.05) is 0 Å². The summed E-state index contributed by atoms with van der Waals surface area (Å²) in [6.45, 7) is 3.78. The number of rotatable bonds is 10. The number of carbonyl (C=O) groups excluding carboxylic acids is 4. The Morgan fingerprint density at radius 2 is 1.83 bits per heavy atom. The molecule has 4 amide bonds. The van der Waals surface area contributed by atoms with Crippen LogP contribution >= 0.6 is 0 Å². The molecule has 0 aliphatic carbocycles. The van der Waals surface area contributed by atoms with Crippen molar-refractivity contribution < 1.29 is 29.0 Å². The van der Waals surface area contributed by atoms with Crippen LogP contribution in [0.15, 0.2) is 18.2 Å². The van der Waals surface area contributed by atoms with Crippen molar-refractivity contribution in [3.63, 3.8) is 0 Å². The summed E-state index contributed by atoms with van der Waals surface area (Å²) < 4.78 is 4.55. The van der Waals surface area contributed by atoms with Gasteiger partial charge in [0.2, 0.25) is 11.8 Å². The van der Waals surface area contributed by atoms with Crippen LogP contribution in [0, 0.1) is 5.92 Å². The molecule has 8 N–H and O–H groups in total. The van der Waals surface area contributed by atoms with Gasteiger partial charge in [0.05, 0.1) is 13.2 Å². The average molecular weight is 423 g/mol. The van der Waals surface area contributed by atoms with E-state index < -0.39 is 35.9 Å². The highest BCUT2D eigenvalue weighted by molar-refractivity contribution is 5.99. The minimum absolute atomic E-state index is 0.0548. The summed E-state index contributed by atoms with van der Waals surface area (Å²) in [6, 6.07) is 1.47. The number of hydrogen-bond acceptors (Lipinski definition) is 7. The maximum atomic E-state index is 12.7. The molecular weight excluding hydrogens is 394 g/mol. The molecule has 2 atom stereocenters. The number of amides is 4. The van der Waals surface area contributed by atoms with Gasteiger partial charge in [-0.2, -0.15) is 0 Å². The molecule has 0 saturated heterocycles. The zero-order valence-corrected chi connectivity index (χ0v) is 17.2. The third-order valence-corrected chi connectivity index (χ3v) is 4.29. The smallest absolute Gasteiger partial charge is 0.341 e. The van der Waals surface area contributed by atoms with Gasteiger partial charge in [-0.25, -0.2) is 9.59 Å². The van der Waals surface area contributed by atoms with Crippen LogP contribution in [-0.2, 0) is 14.3 Å². The predicted molar refractivity (Wildman–Crippen MR) is 110 cm³/mol. The number of carbonyl (C=O) groups is 4. The summed E-state index contributed by atoms with van der Waals surface area (Å²) in [5.74, 6) is -2.26. The number of phenols is 1. The number of aromatic hydroxyl groups is 1. The van der Waals surface area contributed by atoms with Gasteiger partial charge in [-0.3, -0.25) is 9.59 Å². The van der Waals surface area contributed by atoms with Crippen molar-refractivity contribution >= 4 is 29.5 Å². The molecule has 0 fully saturated rings. The van der Waals surface area contributed by atoms with Gasteiger partial charge < -0.3 is 37.3 Å². The fraction of sp³-hybridized carbons (Fsp3) is 0.474. The second-order valence-corrected chi connectivity index (χ2v) is 6.98. The number of primary amides is 1. The molecule has 0 saturated carbocycles. The van der Waals surface area contributed by atoms with Gasteiger partial charge in [0, 0.05) is 18.3 Å². The summed E-state index contributed by atoms with van der Waals surface area (Å²) in [5.41, 5.74) is 11.0. The van der Waals surface area contributed by atoms with Crippen molar-refractivity contribution in [2.75, 3.05) is 19.0 Å². The fourth-order valence-electron chi connectivity index (χ4n) is 2.48. The standard InChI is InChI=1S/C19H29N5O6/c1-10(2)15(20)17(27)24-13(5-4-8-22-19(21)29)16(26)23-11-6-7-12(14(25)9-11)18(28)30-3/h6-7,9-10,13,15,25H,4-5,8,20H2,1-3H3,(H,23,26)(H,24,27)(H3,21,22,29)/t13-,15-/m0/s1. The molecule has 1 aromatic rings. The molecule has 11 nitrogen and oxygen atoms in total. The lowest BCUT2D eigenvalue weighted by atomic mass is 10.0.